The quantitative estimate of drug-likeness (QED) is 0.866. The number of hydrogen-bond donors (Lipinski definition) is 1. The Balaban J connectivity index is 2.24. The van der Waals surface area contributed by atoms with E-state index in [1.807, 2.05) is 0 Å². The molecular formula is C15H23NO. The maximum Gasteiger partial charge on any atom is 0.0486 e. The summed E-state index contributed by atoms with van der Waals surface area (Å²) in [7, 11) is 2.06. The van der Waals surface area contributed by atoms with Gasteiger partial charge in [0.25, 0.3) is 0 Å². The maximum atomic E-state index is 5.47. The van der Waals surface area contributed by atoms with Gasteiger partial charge < -0.3 is 10.1 Å². The molecule has 2 heteroatoms. The molecule has 0 saturated carbocycles. The number of hydrogen-bond acceptors (Lipinski definition) is 2. The fraction of sp³-hybridized carbons (Fsp3) is 0.600. The average molecular weight is 233 g/mol. The molecule has 0 bridgehead atoms. The molecule has 0 spiro atoms. The maximum absolute atomic E-state index is 5.47. The zero-order chi connectivity index (χ0) is 12.3. The molecule has 94 valence electrons. The van der Waals surface area contributed by atoms with Crippen LogP contribution in [0.15, 0.2) is 24.3 Å². The monoisotopic (exact) mass is 233 g/mol. The van der Waals surface area contributed by atoms with Crippen LogP contribution in [-0.2, 0) is 10.3 Å². The molecule has 1 aromatic carbocycles. The highest BCUT2D eigenvalue weighted by molar-refractivity contribution is 5.30. The first-order chi connectivity index (χ1) is 8.18. The van der Waals surface area contributed by atoms with E-state index in [0.717, 1.165) is 26.1 Å². The van der Waals surface area contributed by atoms with E-state index in [-0.39, 0.29) is 5.54 Å². The minimum Gasteiger partial charge on any atom is -0.381 e. The third-order valence-corrected chi connectivity index (χ3v) is 3.95. The highest BCUT2D eigenvalue weighted by Gasteiger charge is 2.32. The van der Waals surface area contributed by atoms with Gasteiger partial charge in [-0.3, -0.25) is 0 Å². The Kier molecular flexibility index (Phi) is 3.85. The summed E-state index contributed by atoms with van der Waals surface area (Å²) in [4.78, 5) is 0. The van der Waals surface area contributed by atoms with Crippen molar-refractivity contribution in [3.8, 4) is 0 Å². The lowest BCUT2D eigenvalue weighted by Gasteiger charge is -2.37. The lowest BCUT2D eigenvalue weighted by Crippen LogP contribution is -2.44. The molecular weight excluding hydrogens is 210 g/mol. The summed E-state index contributed by atoms with van der Waals surface area (Å²) in [5.41, 5.74) is 2.92. The van der Waals surface area contributed by atoms with Gasteiger partial charge in [0, 0.05) is 18.8 Å². The number of nitrogens with one attached hydrogen (secondary N) is 1. The van der Waals surface area contributed by atoms with Crippen LogP contribution in [0.25, 0.3) is 0 Å². The van der Waals surface area contributed by atoms with Gasteiger partial charge in [0.2, 0.25) is 0 Å². The van der Waals surface area contributed by atoms with Gasteiger partial charge in [-0.15, -0.1) is 0 Å². The Hall–Kier alpha value is -0.860. The standard InChI is InChI=1S/C15H23NO/c1-12(2)13-4-6-14(7-5-13)15(16-3)8-10-17-11-9-15/h4-7,12,16H,8-11H2,1-3H3. The van der Waals surface area contributed by atoms with Crippen molar-refractivity contribution >= 4 is 0 Å². The minimum absolute atomic E-state index is 0.119. The van der Waals surface area contributed by atoms with E-state index in [4.69, 9.17) is 4.74 Å². The van der Waals surface area contributed by atoms with Gasteiger partial charge in [0.05, 0.1) is 0 Å². The largest absolute Gasteiger partial charge is 0.381 e. The Labute approximate surface area is 104 Å². The van der Waals surface area contributed by atoms with Crippen LogP contribution in [0.1, 0.15) is 43.7 Å². The van der Waals surface area contributed by atoms with Crippen LogP contribution in [0.2, 0.25) is 0 Å². The summed E-state index contributed by atoms with van der Waals surface area (Å²) in [6.45, 7) is 6.17. The first-order valence-electron chi connectivity index (χ1n) is 6.55. The van der Waals surface area contributed by atoms with Gasteiger partial charge in [0.1, 0.15) is 0 Å². The average Bonchev–Trinajstić information content (AvgIpc) is 2.39. The molecule has 1 fully saturated rings. The molecule has 1 aliphatic heterocycles. The van der Waals surface area contributed by atoms with E-state index in [1.54, 1.807) is 0 Å². The van der Waals surface area contributed by atoms with E-state index < -0.39 is 0 Å². The van der Waals surface area contributed by atoms with Gasteiger partial charge in [-0.25, -0.2) is 0 Å². The fourth-order valence-electron chi connectivity index (χ4n) is 2.59. The van der Waals surface area contributed by atoms with E-state index in [1.165, 1.54) is 11.1 Å². The summed E-state index contributed by atoms with van der Waals surface area (Å²) in [5, 5.41) is 3.50. The molecule has 0 aromatic heterocycles. The smallest absolute Gasteiger partial charge is 0.0486 e. The number of ether oxygens (including phenoxy) is 1. The van der Waals surface area contributed by atoms with E-state index in [9.17, 15) is 0 Å². The molecule has 0 aliphatic carbocycles. The van der Waals surface area contributed by atoms with Gasteiger partial charge in [0.15, 0.2) is 0 Å². The van der Waals surface area contributed by atoms with Gasteiger partial charge in [-0.1, -0.05) is 38.1 Å². The molecule has 0 amide bonds. The zero-order valence-corrected chi connectivity index (χ0v) is 11.1. The predicted molar refractivity (Wildman–Crippen MR) is 71.3 cm³/mol. The normalized spacial score (nSPS) is 19.5. The third-order valence-electron chi connectivity index (χ3n) is 3.95. The van der Waals surface area contributed by atoms with Crippen molar-refractivity contribution in [2.75, 3.05) is 20.3 Å². The minimum atomic E-state index is 0.119. The Morgan fingerprint density at radius 1 is 1.12 bits per heavy atom. The second kappa shape index (κ2) is 5.19. The van der Waals surface area contributed by atoms with Crippen LogP contribution in [0.3, 0.4) is 0 Å². The zero-order valence-electron chi connectivity index (χ0n) is 11.1. The van der Waals surface area contributed by atoms with E-state index in [2.05, 4.69) is 50.5 Å². The second-order valence-electron chi connectivity index (χ2n) is 5.22. The van der Waals surface area contributed by atoms with Gasteiger partial charge >= 0.3 is 0 Å². The first-order valence-corrected chi connectivity index (χ1v) is 6.55. The Bertz CT molecular complexity index is 350. The van der Waals surface area contributed by atoms with Crippen LogP contribution in [0, 0.1) is 0 Å². The molecule has 2 nitrogen and oxygen atoms in total. The third kappa shape index (κ3) is 2.53. The van der Waals surface area contributed by atoms with E-state index >= 15 is 0 Å². The molecule has 1 heterocycles. The summed E-state index contributed by atoms with van der Waals surface area (Å²) in [6.07, 6.45) is 2.12. The topological polar surface area (TPSA) is 21.3 Å². The molecule has 1 aliphatic rings. The molecule has 1 aromatic rings. The molecule has 17 heavy (non-hydrogen) atoms. The summed E-state index contributed by atoms with van der Waals surface area (Å²) in [6, 6.07) is 9.07. The van der Waals surface area contributed by atoms with Crippen molar-refractivity contribution < 1.29 is 4.74 Å². The number of benzene rings is 1. The van der Waals surface area contributed by atoms with Crippen LogP contribution in [-0.4, -0.2) is 20.3 Å². The first kappa shape index (κ1) is 12.6. The van der Waals surface area contributed by atoms with Crippen LogP contribution in [0.4, 0.5) is 0 Å². The van der Waals surface area contributed by atoms with Crippen LogP contribution >= 0.6 is 0 Å². The molecule has 1 saturated heterocycles. The van der Waals surface area contributed by atoms with Crippen molar-refractivity contribution in [2.45, 2.75) is 38.1 Å². The van der Waals surface area contributed by atoms with Crippen molar-refractivity contribution in [1.29, 1.82) is 0 Å². The highest BCUT2D eigenvalue weighted by Crippen LogP contribution is 2.32. The Morgan fingerprint density at radius 3 is 2.18 bits per heavy atom. The molecule has 0 atom stereocenters. The highest BCUT2D eigenvalue weighted by atomic mass is 16.5. The Morgan fingerprint density at radius 2 is 1.71 bits per heavy atom. The second-order valence-corrected chi connectivity index (χ2v) is 5.22. The number of rotatable bonds is 3. The SMILES string of the molecule is CNC1(c2ccc(C(C)C)cc2)CCOCC1. The molecule has 1 N–H and O–H groups in total. The summed E-state index contributed by atoms with van der Waals surface area (Å²) in [5.74, 6) is 0.601. The lowest BCUT2D eigenvalue weighted by atomic mass is 9.82. The van der Waals surface area contributed by atoms with Crippen molar-refractivity contribution in [1.82, 2.24) is 5.32 Å². The van der Waals surface area contributed by atoms with Crippen molar-refractivity contribution in [2.24, 2.45) is 0 Å². The molecule has 0 unspecified atom stereocenters. The molecule has 0 radical (unpaired) electrons. The van der Waals surface area contributed by atoms with Gasteiger partial charge in [-0.2, -0.15) is 0 Å². The fourth-order valence-corrected chi connectivity index (χ4v) is 2.59. The summed E-state index contributed by atoms with van der Waals surface area (Å²) < 4.78 is 5.47. The van der Waals surface area contributed by atoms with Crippen LogP contribution < -0.4 is 5.32 Å². The summed E-state index contributed by atoms with van der Waals surface area (Å²) >= 11 is 0. The predicted octanol–water partition coefficient (Wildman–Crippen LogP) is 3.04. The van der Waals surface area contributed by atoms with Crippen molar-refractivity contribution in [3.05, 3.63) is 35.4 Å². The van der Waals surface area contributed by atoms with Gasteiger partial charge in [-0.05, 0) is 36.9 Å². The lowest BCUT2D eigenvalue weighted by molar-refractivity contribution is 0.0398. The molecule has 2 rings (SSSR count). The van der Waals surface area contributed by atoms with E-state index in [0.29, 0.717) is 5.92 Å². The van der Waals surface area contributed by atoms with Crippen molar-refractivity contribution in [3.63, 3.8) is 0 Å². The van der Waals surface area contributed by atoms with Crippen LogP contribution in [0.5, 0.6) is 0 Å².